The molecule has 25 heavy (non-hydrogen) atoms. The van der Waals surface area contributed by atoms with Crippen LogP contribution in [0.15, 0.2) is 60.8 Å². The van der Waals surface area contributed by atoms with Crippen molar-refractivity contribution < 1.29 is 9.53 Å². The van der Waals surface area contributed by atoms with Crippen molar-refractivity contribution >= 4 is 23.1 Å². The third-order valence-corrected chi connectivity index (χ3v) is 5.46. The zero-order valence-corrected chi connectivity index (χ0v) is 14.8. The number of hydrogen-bond acceptors (Lipinski definition) is 3. The first kappa shape index (κ1) is 15.7. The predicted octanol–water partition coefficient (Wildman–Crippen LogP) is 5.46. The van der Waals surface area contributed by atoms with Gasteiger partial charge in [-0.15, -0.1) is 11.3 Å². The molecule has 3 aromatic heterocycles. The standard InChI is InChI=1S/C21H17NO2S/c1-14-18-12-16(24-2)10-11-22(18)21(19-9-8-17(13-23)25-19)20(14)15-6-4-3-5-7-15/h3-13H,1-2H3. The van der Waals surface area contributed by atoms with Crippen molar-refractivity contribution in [2.45, 2.75) is 6.92 Å². The second kappa shape index (κ2) is 6.22. The molecule has 0 unspecified atom stereocenters. The lowest BCUT2D eigenvalue weighted by molar-refractivity contribution is 0.112. The van der Waals surface area contributed by atoms with Crippen LogP contribution in [0.1, 0.15) is 15.2 Å². The van der Waals surface area contributed by atoms with Crippen LogP contribution in [0.2, 0.25) is 0 Å². The number of ether oxygens (including phenoxy) is 1. The maximum Gasteiger partial charge on any atom is 0.160 e. The van der Waals surface area contributed by atoms with Crippen molar-refractivity contribution in [1.82, 2.24) is 4.40 Å². The lowest BCUT2D eigenvalue weighted by atomic mass is 10.0. The van der Waals surface area contributed by atoms with Crippen LogP contribution in [0.5, 0.6) is 5.75 Å². The van der Waals surface area contributed by atoms with Gasteiger partial charge in [0.15, 0.2) is 6.29 Å². The zero-order chi connectivity index (χ0) is 17.4. The van der Waals surface area contributed by atoms with E-state index in [2.05, 4.69) is 29.5 Å². The highest BCUT2D eigenvalue weighted by Gasteiger charge is 2.20. The summed E-state index contributed by atoms with van der Waals surface area (Å²) in [4.78, 5) is 13.0. The molecule has 0 fully saturated rings. The van der Waals surface area contributed by atoms with E-state index in [4.69, 9.17) is 4.74 Å². The first-order valence-electron chi connectivity index (χ1n) is 8.02. The van der Waals surface area contributed by atoms with Crippen molar-refractivity contribution in [3.05, 3.63) is 71.2 Å². The molecule has 0 atom stereocenters. The highest BCUT2D eigenvalue weighted by molar-refractivity contribution is 7.17. The summed E-state index contributed by atoms with van der Waals surface area (Å²) in [5.41, 5.74) is 5.77. The van der Waals surface area contributed by atoms with E-state index in [1.807, 2.05) is 42.6 Å². The SMILES string of the molecule is COc1ccn2c(-c3ccc(C=O)s3)c(-c3ccccc3)c(C)c2c1. The van der Waals surface area contributed by atoms with Crippen LogP contribution in [0, 0.1) is 6.92 Å². The van der Waals surface area contributed by atoms with Crippen LogP contribution >= 0.6 is 11.3 Å². The summed E-state index contributed by atoms with van der Waals surface area (Å²) < 4.78 is 7.58. The molecule has 1 aromatic carbocycles. The molecule has 0 radical (unpaired) electrons. The summed E-state index contributed by atoms with van der Waals surface area (Å²) in [5.74, 6) is 0.832. The molecule has 0 N–H and O–H groups in total. The molecule has 0 aliphatic carbocycles. The first-order chi connectivity index (χ1) is 12.2. The molecule has 0 bridgehead atoms. The van der Waals surface area contributed by atoms with Gasteiger partial charge >= 0.3 is 0 Å². The van der Waals surface area contributed by atoms with Gasteiger partial charge in [-0.05, 0) is 36.2 Å². The van der Waals surface area contributed by atoms with Gasteiger partial charge in [-0.2, -0.15) is 0 Å². The number of aryl methyl sites for hydroxylation is 1. The number of methoxy groups -OCH3 is 1. The molecule has 0 spiro atoms. The molecule has 4 aromatic rings. The van der Waals surface area contributed by atoms with Gasteiger partial charge in [0.2, 0.25) is 0 Å². The largest absolute Gasteiger partial charge is 0.497 e. The number of nitrogens with zero attached hydrogens (tertiary/aromatic N) is 1. The number of rotatable bonds is 4. The minimum atomic E-state index is 0.732. The lowest BCUT2D eigenvalue weighted by Crippen LogP contribution is -1.89. The predicted molar refractivity (Wildman–Crippen MR) is 103 cm³/mol. The third-order valence-electron chi connectivity index (χ3n) is 4.44. The van der Waals surface area contributed by atoms with Gasteiger partial charge in [-0.3, -0.25) is 4.79 Å². The topological polar surface area (TPSA) is 30.7 Å². The minimum absolute atomic E-state index is 0.732. The molecule has 0 saturated heterocycles. The second-order valence-corrected chi connectivity index (χ2v) is 6.97. The maximum atomic E-state index is 11.1. The molecule has 0 aliphatic rings. The van der Waals surface area contributed by atoms with Crippen LogP contribution in [0.25, 0.3) is 27.2 Å². The average Bonchev–Trinajstić information content (AvgIpc) is 3.24. The van der Waals surface area contributed by atoms with Crippen molar-refractivity contribution in [2.75, 3.05) is 7.11 Å². The summed E-state index contributed by atoms with van der Waals surface area (Å²) in [6.45, 7) is 2.13. The van der Waals surface area contributed by atoms with Crippen molar-refractivity contribution in [3.63, 3.8) is 0 Å². The van der Waals surface area contributed by atoms with Crippen LogP contribution < -0.4 is 4.74 Å². The fourth-order valence-corrected chi connectivity index (χ4v) is 4.13. The summed E-state index contributed by atoms with van der Waals surface area (Å²) in [5, 5.41) is 0. The Morgan fingerprint density at radius 2 is 1.88 bits per heavy atom. The third kappa shape index (κ3) is 2.55. The van der Waals surface area contributed by atoms with Gasteiger partial charge in [0.25, 0.3) is 0 Å². The Balaban J connectivity index is 2.09. The molecule has 0 aliphatic heterocycles. The summed E-state index contributed by atoms with van der Waals surface area (Å²) >= 11 is 1.51. The number of thiophene rings is 1. The Labute approximate surface area is 150 Å². The molecule has 3 nitrogen and oxygen atoms in total. The van der Waals surface area contributed by atoms with Crippen LogP contribution in [0.4, 0.5) is 0 Å². The van der Waals surface area contributed by atoms with Gasteiger partial charge < -0.3 is 9.14 Å². The summed E-state index contributed by atoms with van der Waals surface area (Å²) in [6.07, 6.45) is 2.94. The first-order valence-corrected chi connectivity index (χ1v) is 8.84. The van der Waals surface area contributed by atoms with Crippen LogP contribution in [-0.2, 0) is 0 Å². The van der Waals surface area contributed by atoms with Gasteiger partial charge in [-0.25, -0.2) is 0 Å². The van der Waals surface area contributed by atoms with E-state index >= 15 is 0 Å². The number of carbonyl (C=O) groups excluding carboxylic acids is 1. The molecule has 4 rings (SSSR count). The normalized spacial score (nSPS) is 11.0. The van der Waals surface area contributed by atoms with E-state index < -0.39 is 0 Å². The Kier molecular flexibility index (Phi) is 3.90. The quantitative estimate of drug-likeness (QED) is 0.459. The van der Waals surface area contributed by atoms with Crippen molar-refractivity contribution in [3.8, 4) is 27.4 Å². The highest BCUT2D eigenvalue weighted by atomic mass is 32.1. The Bertz CT molecular complexity index is 1060. The van der Waals surface area contributed by atoms with Crippen LogP contribution in [-0.4, -0.2) is 17.8 Å². The number of pyridine rings is 1. The zero-order valence-electron chi connectivity index (χ0n) is 14.0. The van der Waals surface area contributed by atoms with E-state index in [9.17, 15) is 4.79 Å². The maximum absolute atomic E-state index is 11.1. The molecular weight excluding hydrogens is 330 g/mol. The van der Waals surface area contributed by atoms with E-state index in [0.29, 0.717) is 0 Å². The fraction of sp³-hybridized carbons (Fsp3) is 0.0952. The summed E-state index contributed by atoms with van der Waals surface area (Å²) in [6, 6.07) is 18.3. The van der Waals surface area contributed by atoms with Crippen molar-refractivity contribution in [1.29, 1.82) is 0 Å². The molecule has 0 saturated carbocycles. The smallest absolute Gasteiger partial charge is 0.160 e. The molecular formula is C21H17NO2S. The molecule has 124 valence electrons. The van der Waals surface area contributed by atoms with Gasteiger partial charge in [0.1, 0.15) is 5.75 Å². The minimum Gasteiger partial charge on any atom is -0.497 e. The van der Waals surface area contributed by atoms with Gasteiger partial charge in [-0.1, -0.05) is 30.3 Å². The number of aromatic nitrogens is 1. The molecule has 0 amide bonds. The molecule has 4 heteroatoms. The number of carbonyl (C=O) groups is 1. The number of fused-ring (bicyclic) bond motifs is 1. The van der Waals surface area contributed by atoms with Gasteiger partial charge in [0.05, 0.1) is 28.1 Å². The van der Waals surface area contributed by atoms with E-state index in [-0.39, 0.29) is 0 Å². The van der Waals surface area contributed by atoms with E-state index in [1.54, 1.807) is 7.11 Å². The summed E-state index contributed by atoms with van der Waals surface area (Å²) in [7, 11) is 1.68. The number of benzene rings is 1. The Hall–Kier alpha value is -2.85. The molecule has 3 heterocycles. The lowest BCUT2D eigenvalue weighted by Gasteiger charge is -2.06. The second-order valence-electron chi connectivity index (χ2n) is 5.86. The number of hydrogen-bond donors (Lipinski definition) is 0. The van der Waals surface area contributed by atoms with E-state index in [0.717, 1.165) is 33.0 Å². The monoisotopic (exact) mass is 347 g/mol. The van der Waals surface area contributed by atoms with Gasteiger partial charge in [0, 0.05) is 17.8 Å². The van der Waals surface area contributed by atoms with Crippen LogP contribution in [0.3, 0.4) is 0 Å². The average molecular weight is 347 g/mol. The fourth-order valence-electron chi connectivity index (χ4n) is 3.26. The van der Waals surface area contributed by atoms with Crippen molar-refractivity contribution in [2.24, 2.45) is 0 Å². The highest BCUT2D eigenvalue weighted by Crippen LogP contribution is 2.41. The Morgan fingerprint density at radius 1 is 1.08 bits per heavy atom. The number of aldehydes is 1. The Morgan fingerprint density at radius 3 is 2.56 bits per heavy atom. The van der Waals surface area contributed by atoms with E-state index in [1.165, 1.54) is 28.0 Å².